The van der Waals surface area contributed by atoms with E-state index in [4.69, 9.17) is 15.5 Å². The number of nitrogens with one attached hydrogen (secondary N) is 1. The van der Waals surface area contributed by atoms with Crippen molar-refractivity contribution in [2.24, 2.45) is 10.9 Å². The van der Waals surface area contributed by atoms with Gasteiger partial charge in [0.1, 0.15) is 5.75 Å². The lowest BCUT2D eigenvalue weighted by Crippen LogP contribution is -2.29. The van der Waals surface area contributed by atoms with Crippen LogP contribution in [0.1, 0.15) is 23.1 Å². The van der Waals surface area contributed by atoms with Gasteiger partial charge in [-0.05, 0) is 68.4 Å². The molecule has 3 N–H and O–H groups in total. The second-order valence-electron chi connectivity index (χ2n) is 9.76. The van der Waals surface area contributed by atoms with E-state index in [-0.39, 0.29) is 17.8 Å². The number of aromatic nitrogens is 2. The van der Waals surface area contributed by atoms with Crippen molar-refractivity contribution in [3.8, 4) is 17.0 Å². The molecule has 0 aliphatic carbocycles. The predicted octanol–water partition coefficient (Wildman–Crippen LogP) is 3.22. The van der Waals surface area contributed by atoms with Crippen molar-refractivity contribution in [1.82, 2.24) is 20.2 Å². The van der Waals surface area contributed by atoms with E-state index in [0.29, 0.717) is 19.6 Å². The zero-order valence-electron chi connectivity index (χ0n) is 20.8. The third-order valence-corrected chi connectivity index (χ3v) is 6.66. The minimum Gasteiger partial charge on any atom is -0.493 e. The Kier molecular flexibility index (Phi) is 6.95. The van der Waals surface area contributed by atoms with Gasteiger partial charge in [-0.3, -0.25) is 9.79 Å². The van der Waals surface area contributed by atoms with Crippen LogP contribution in [-0.4, -0.2) is 60.3 Å². The van der Waals surface area contributed by atoms with E-state index in [2.05, 4.69) is 44.5 Å². The Balaban J connectivity index is 1.24. The van der Waals surface area contributed by atoms with Crippen LogP contribution in [0.15, 0.2) is 53.7 Å². The van der Waals surface area contributed by atoms with Crippen LogP contribution >= 0.6 is 0 Å². The number of hydrogen-bond donors (Lipinski definition) is 2. The van der Waals surface area contributed by atoms with Crippen molar-refractivity contribution in [3.05, 3.63) is 65.4 Å². The third-order valence-electron chi connectivity index (χ3n) is 6.66. The maximum atomic E-state index is 12.4. The predicted molar refractivity (Wildman–Crippen MR) is 142 cm³/mol. The Bertz CT molecular complexity index is 1300. The molecule has 0 saturated carbocycles. The van der Waals surface area contributed by atoms with Gasteiger partial charge in [-0.1, -0.05) is 24.3 Å². The number of anilines is 1. The van der Waals surface area contributed by atoms with Crippen LogP contribution in [0.4, 0.5) is 11.6 Å². The SMILES string of the molecule is CN(C)CCCNC(=O)Cc1ccc2c(c1)CC(C1=Nc3cc(-c4ccnc(N)n4)ccc3C1)CO2. The van der Waals surface area contributed by atoms with Crippen LogP contribution in [0.3, 0.4) is 0 Å². The van der Waals surface area contributed by atoms with Crippen LogP contribution in [0.2, 0.25) is 0 Å². The average Bonchev–Trinajstić information content (AvgIpc) is 3.30. The quantitative estimate of drug-likeness (QED) is 0.476. The van der Waals surface area contributed by atoms with Crippen molar-refractivity contribution >= 4 is 23.3 Å². The summed E-state index contributed by atoms with van der Waals surface area (Å²) >= 11 is 0. The second-order valence-corrected chi connectivity index (χ2v) is 9.76. The zero-order chi connectivity index (χ0) is 25.1. The number of carbonyl (C=O) groups excluding carboxylic acids is 1. The third kappa shape index (κ3) is 5.54. The summed E-state index contributed by atoms with van der Waals surface area (Å²) in [4.78, 5) is 27.8. The van der Waals surface area contributed by atoms with Crippen molar-refractivity contribution in [1.29, 1.82) is 0 Å². The number of benzene rings is 2. The standard InChI is InChI=1S/C28H32N6O2/c1-34(2)11-3-9-30-27(35)13-18-4-7-26-21(12-18)14-22(17-36-26)25-16-20-6-5-19(15-24(20)32-25)23-8-10-31-28(29)33-23/h4-8,10,12,15,22H,3,9,11,13-14,16-17H2,1-2H3,(H,30,35)(H2,29,31,33). The topological polar surface area (TPSA) is 106 Å². The molecule has 1 atom stereocenters. The fourth-order valence-electron chi connectivity index (χ4n) is 4.78. The first-order valence-corrected chi connectivity index (χ1v) is 12.4. The molecule has 0 radical (unpaired) electrons. The molecule has 36 heavy (non-hydrogen) atoms. The highest BCUT2D eigenvalue weighted by atomic mass is 16.5. The van der Waals surface area contributed by atoms with Crippen LogP contribution < -0.4 is 15.8 Å². The molecule has 2 aromatic carbocycles. The first-order valence-electron chi connectivity index (χ1n) is 12.4. The molecule has 0 saturated heterocycles. The van der Waals surface area contributed by atoms with E-state index >= 15 is 0 Å². The van der Waals surface area contributed by atoms with Gasteiger partial charge < -0.3 is 20.7 Å². The number of carbonyl (C=O) groups is 1. The maximum absolute atomic E-state index is 12.4. The first-order chi connectivity index (χ1) is 17.4. The summed E-state index contributed by atoms with van der Waals surface area (Å²) in [5.74, 6) is 1.43. The molecule has 0 fully saturated rings. The Labute approximate surface area is 211 Å². The van der Waals surface area contributed by atoms with Crippen molar-refractivity contribution < 1.29 is 9.53 Å². The highest BCUT2D eigenvalue weighted by molar-refractivity contribution is 5.96. The Morgan fingerprint density at radius 1 is 1.17 bits per heavy atom. The van der Waals surface area contributed by atoms with E-state index < -0.39 is 0 Å². The van der Waals surface area contributed by atoms with Gasteiger partial charge in [0.15, 0.2) is 0 Å². The minimum absolute atomic E-state index is 0.0545. The summed E-state index contributed by atoms with van der Waals surface area (Å²) in [6, 6.07) is 14.2. The molecule has 8 nitrogen and oxygen atoms in total. The number of fused-ring (bicyclic) bond motifs is 2. The highest BCUT2D eigenvalue weighted by Gasteiger charge is 2.28. The average molecular weight is 485 g/mol. The summed E-state index contributed by atoms with van der Waals surface area (Å²) in [6.45, 7) is 2.27. The minimum atomic E-state index is 0.0545. The fraction of sp³-hybridized carbons (Fsp3) is 0.357. The van der Waals surface area contributed by atoms with E-state index in [1.54, 1.807) is 6.20 Å². The lowest BCUT2D eigenvalue weighted by molar-refractivity contribution is -0.120. The van der Waals surface area contributed by atoms with Crippen LogP contribution in [0.5, 0.6) is 5.75 Å². The van der Waals surface area contributed by atoms with Crippen LogP contribution in [-0.2, 0) is 24.1 Å². The maximum Gasteiger partial charge on any atom is 0.224 e. The molecule has 1 aromatic heterocycles. The lowest BCUT2D eigenvalue weighted by Gasteiger charge is -2.26. The number of hydrogen-bond acceptors (Lipinski definition) is 7. The van der Waals surface area contributed by atoms with Crippen molar-refractivity contribution in [2.45, 2.75) is 25.7 Å². The fourth-order valence-corrected chi connectivity index (χ4v) is 4.78. The zero-order valence-corrected chi connectivity index (χ0v) is 20.8. The molecule has 0 bridgehead atoms. The highest BCUT2D eigenvalue weighted by Crippen LogP contribution is 2.36. The number of nitrogens with two attached hydrogens (primary N) is 1. The van der Waals surface area contributed by atoms with Gasteiger partial charge in [0.05, 0.1) is 24.4 Å². The molecule has 8 heteroatoms. The summed E-state index contributed by atoms with van der Waals surface area (Å²) < 4.78 is 6.10. The summed E-state index contributed by atoms with van der Waals surface area (Å²) in [5, 5.41) is 3.02. The number of aliphatic imine (C=N–C) groups is 1. The molecule has 2 aliphatic rings. The summed E-state index contributed by atoms with van der Waals surface area (Å²) in [5.41, 5.74) is 13.0. The van der Waals surface area contributed by atoms with Gasteiger partial charge in [0, 0.05) is 36.4 Å². The molecule has 3 heterocycles. The van der Waals surface area contributed by atoms with E-state index in [0.717, 1.165) is 65.3 Å². The van der Waals surface area contributed by atoms with Crippen LogP contribution in [0.25, 0.3) is 11.3 Å². The monoisotopic (exact) mass is 484 g/mol. The molecular formula is C28H32N6O2. The molecule has 1 amide bonds. The number of nitrogen functional groups attached to an aromatic ring is 1. The smallest absolute Gasteiger partial charge is 0.224 e. The number of amides is 1. The Morgan fingerprint density at radius 2 is 2.06 bits per heavy atom. The molecular weight excluding hydrogens is 452 g/mol. The molecule has 1 unspecified atom stereocenters. The first kappa shape index (κ1) is 23.9. The number of rotatable bonds is 8. The molecule has 0 spiro atoms. The normalized spacial score (nSPS) is 16.2. The Morgan fingerprint density at radius 3 is 2.89 bits per heavy atom. The molecule has 3 aromatic rings. The lowest BCUT2D eigenvalue weighted by atomic mass is 9.89. The summed E-state index contributed by atoms with van der Waals surface area (Å²) in [7, 11) is 4.07. The van der Waals surface area contributed by atoms with E-state index in [9.17, 15) is 4.79 Å². The van der Waals surface area contributed by atoms with Gasteiger partial charge in [0.2, 0.25) is 11.9 Å². The Hall–Kier alpha value is -3.78. The van der Waals surface area contributed by atoms with Gasteiger partial charge in [-0.15, -0.1) is 0 Å². The van der Waals surface area contributed by atoms with E-state index in [1.165, 1.54) is 5.56 Å². The van der Waals surface area contributed by atoms with Gasteiger partial charge in [0.25, 0.3) is 0 Å². The summed E-state index contributed by atoms with van der Waals surface area (Å²) in [6.07, 6.45) is 4.66. The van der Waals surface area contributed by atoms with Crippen molar-refractivity contribution in [3.63, 3.8) is 0 Å². The second kappa shape index (κ2) is 10.5. The van der Waals surface area contributed by atoms with Crippen LogP contribution in [0, 0.1) is 5.92 Å². The van der Waals surface area contributed by atoms with Gasteiger partial charge >= 0.3 is 0 Å². The molecule has 2 aliphatic heterocycles. The largest absolute Gasteiger partial charge is 0.493 e. The van der Waals surface area contributed by atoms with E-state index in [1.807, 2.05) is 32.3 Å². The van der Waals surface area contributed by atoms with Gasteiger partial charge in [-0.2, -0.15) is 0 Å². The molecule has 186 valence electrons. The number of nitrogens with zero attached hydrogens (tertiary/aromatic N) is 4. The van der Waals surface area contributed by atoms with Crippen molar-refractivity contribution in [2.75, 3.05) is 39.5 Å². The number of ether oxygens (including phenoxy) is 1. The molecule has 5 rings (SSSR count). The van der Waals surface area contributed by atoms with Gasteiger partial charge in [-0.25, -0.2) is 9.97 Å².